The Morgan fingerprint density at radius 2 is 0.512 bits per heavy atom. The standard InChI is InChI=1S/2C12H27O4Si.2C3H7O.Zr/c2*1-10(2,3)14-17(13,15-11(4,5)6)16-12(7,8)9;2*1-3(2)4;/h2*1-9H3;2*3H,1-2H3;/q4*-1;+4. The summed E-state index contributed by atoms with van der Waals surface area (Å²) in [6.45, 7) is 42.2. The topological polar surface area (TPSA) is 92.3 Å². The third-order valence-corrected chi connectivity index (χ3v) is 21.1. The van der Waals surface area contributed by atoms with Crippen LogP contribution in [0.5, 0.6) is 0 Å². The molecule has 0 heterocycles. The van der Waals surface area contributed by atoms with Gasteiger partial charge in [0.25, 0.3) is 0 Å². The fourth-order valence-electron chi connectivity index (χ4n) is 3.53. The van der Waals surface area contributed by atoms with Gasteiger partial charge in [0.15, 0.2) is 0 Å². The van der Waals surface area contributed by atoms with Crippen molar-refractivity contribution in [2.45, 2.75) is 198 Å². The van der Waals surface area contributed by atoms with Gasteiger partial charge in [0.05, 0.1) is 0 Å². The Morgan fingerprint density at radius 3 is 0.628 bits per heavy atom. The van der Waals surface area contributed by atoms with Gasteiger partial charge in [0.1, 0.15) is 0 Å². The summed E-state index contributed by atoms with van der Waals surface area (Å²) < 4.78 is 67.7. The van der Waals surface area contributed by atoms with Crippen LogP contribution in [0.2, 0.25) is 0 Å². The van der Waals surface area contributed by atoms with Crippen molar-refractivity contribution in [1.29, 1.82) is 0 Å². The van der Waals surface area contributed by atoms with E-state index in [0.29, 0.717) is 0 Å². The van der Waals surface area contributed by atoms with Gasteiger partial charge in [-0.05, 0) is 0 Å². The molecule has 0 amide bonds. The molecule has 13 heteroatoms. The zero-order valence-electron chi connectivity index (χ0n) is 31.7. The van der Waals surface area contributed by atoms with Crippen LogP contribution in [-0.4, -0.2) is 63.9 Å². The van der Waals surface area contributed by atoms with Gasteiger partial charge in [-0.15, -0.1) is 0 Å². The van der Waals surface area contributed by atoms with Gasteiger partial charge >= 0.3 is 275 Å². The second kappa shape index (κ2) is 15.0. The van der Waals surface area contributed by atoms with E-state index in [-0.39, 0.29) is 12.2 Å². The molecule has 0 aliphatic heterocycles. The Balaban J connectivity index is 7.88. The zero-order valence-corrected chi connectivity index (χ0v) is 36.2. The van der Waals surface area contributed by atoms with E-state index in [0.717, 1.165) is 0 Å². The summed E-state index contributed by atoms with van der Waals surface area (Å²) in [6, 6.07) is 0. The number of hydrogen-bond donors (Lipinski definition) is 0. The molecular weight excluding hydrogens is 668 g/mol. The molecule has 0 aliphatic carbocycles. The SMILES string of the molecule is CC(C)[O][Zr]([O]C(C)C)([O][Si](OC(C)(C)C)(OC(C)(C)C)OC(C)(C)C)[O][Si](OC(C)(C)C)(OC(C)(C)C)OC(C)(C)C. The van der Waals surface area contributed by atoms with Gasteiger partial charge in [-0.3, -0.25) is 0 Å². The van der Waals surface area contributed by atoms with Crippen LogP contribution in [-0.2, 0) is 59.2 Å². The summed E-state index contributed by atoms with van der Waals surface area (Å²) in [7, 11) is -8.35. The summed E-state index contributed by atoms with van der Waals surface area (Å²) >= 11 is -5.50. The molecule has 0 aromatic rings. The van der Waals surface area contributed by atoms with Gasteiger partial charge in [0, 0.05) is 0 Å². The quantitative estimate of drug-likeness (QED) is 0.162. The van der Waals surface area contributed by atoms with Crippen molar-refractivity contribution in [2.24, 2.45) is 0 Å². The molecule has 0 saturated heterocycles. The normalized spacial score (nSPS) is 15.6. The van der Waals surface area contributed by atoms with Crippen LogP contribution in [0.1, 0.15) is 152 Å². The van der Waals surface area contributed by atoms with Crippen molar-refractivity contribution >= 4 is 18.1 Å². The average Bonchev–Trinajstić information content (AvgIpc) is 2.47. The summed E-state index contributed by atoms with van der Waals surface area (Å²) in [5, 5.41) is 0. The van der Waals surface area contributed by atoms with Gasteiger partial charge < -0.3 is 0 Å². The predicted octanol–water partition coefficient (Wildman–Crippen LogP) is 8.45. The van der Waals surface area contributed by atoms with Crippen molar-refractivity contribution in [3.8, 4) is 0 Å². The maximum atomic E-state index is 7.08. The Morgan fingerprint density at radius 1 is 0.349 bits per heavy atom. The molecule has 0 bridgehead atoms. The summed E-state index contributed by atoms with van der Waals surface area (Å²) in [6.07, 6.45) is -0.739. The summed E-state index contributed by atoms with van der Waals surface area (Å²) in [4.78, 5) is 0. The van der Waals surface area contributed by atoms with E-state index >= 15 is 0 Å². The van der Waals surface area contributed by atoms with Crippen LogP contribution in [0, 0.1) is 0 Å². The molecule has 0 radical (unpaired) electrons. The van der Waals surface area contributed by atoms with Crippen LogP contribution in [0.3, 0.4) is 0 Å². The molecule has 0 aliphatic rings. The minimum atomic E-state index is -5.50. The van der Waals surface area contributed by atoms with Crippen LogP contribution >= 0.6 is 0 Å². The second-order valence-electron chi connectivity index (χ2n) is 17.3. The first-order valence-electron chi connectivity index (χ1n) is 15.5. The van der Waals surface area contributed by atoms with Crippen LogP contribution in [0.25, 0.3) is 0 Å². The maximum absolute atomic E-state index is 7.08. The third-order valence-electron chi connectivity index (χ3n) is 3.85. The van der Waals surface area contributed by atoms with E-state index in [1.54, 1.807) is 0 Å². The first-order valence-corrected chi connectivity index (χ1v) is 22.7. The molecule has 0 unspecified atom stereocenters. The van der Waals surface area contributed by atoms with Crippen molar-refractivity contribution < 1.29 is 59.2 Å². The Kier molecular flexibility index (Phi) is 15.3. The molecule has 0 N–H and O–H groups in total. The molecule has 10 nitrogen and oxygen atoms in total. The van der Waals surface area contributed by atoms with E-state index in [2.05, 4.69) is 0 Å². The predicted molar refractivity (Wildman–Crippen MR) is 171 cm³/mol. The molecule has 0 aromatic carbocycles. The van der Waals surface area contributed by atoms with Gasteiger partial charge in [0.2, 0.25) is 0 Å². The van der Waals surface area contributed by atoms with Crippen molar-refractivity contribution in [3.05, 3.63) is 0 Å². The second-order valence-corrected chi connectivity index (χ2v) is 27.6. The van der Waals surface area contributed by atoms with Crippen LogP contribution in [0.15, 0.2) is 0 Å². The fraction of sp³-hybridized carbons (Fsp3) is 1.00. The monoisotopic (exact) mass is 734 g/mol. The summed E-state index contributed by atoms with van der Waals surface area (Å²) in [5.41, 5.74) is -4.36. The first-order chi connectivity index (χ1) is 18.5. The molecule has 0 atom stereocenters. The molecular formula is C30H68O10Si2Zr. The minimum absolute atomic E-state index is 0.370. The molecule has 0 spiro atoms. The number of rotatable bonds is 14. The molecule has 0 saturated carbocycles. The van der Waals surface area contributed by atoms with Crippen molar-refractivity contribution in [2.75, 3.05) is 0 Å². The van der Waals surface area contributed by atoms with E-state index in [1.807, 2.05) is 152 Å². The molecule has 0 aromatic heterocycles. The van der Waals surface area contributed by atoms with Crippen LogP contribution in [0.4, 0.5) is 0 Å². The molecule has 260 valence electrons. The van der Waals surface area contributed by atoms with Crippen molar-refractivity contribution in [3.63, 3.8) is 0 Å². The van der Waals surface area contributed by atoms with Crippen molar-refractivity contribution in [1.82, 2.24) is 0 Å². The Bertz CT molecular complexity index is 690. The zero-order chi connectivity index (χ0) is 34.7. The van der Waals surface area contributed by atoms with E-state index < -0.39 is 73.7 Å². The van der Waals surface area contributed by atoms with E-state index in [9.17, 15) is 0 Å². The van der Waals surface area contributed by atoms with Crippen LogP contribution < -0.4 is 0 Å². The molecule has 0 fully saturated rings. The van der Waals surface area contributed by atoms with Gasteiger partial charge in [-0.25, -0.2) is 0 Å². The number of hydrogen-bond acceptors (Lipinski definition) is 10. The third kappa shape index (κ3) is 20.7. The molecule has 0 rings (SSSR count). The summed E-state index contributed by atoms with van der Waals surface area (Å²) in [5.74, 6) is 0. The van der Waals surface area contributed by atoms with E-state index in [1.165, 1.54) is 0 Å². The average molecular weight is 736 g/mol. The molecule has 43 heavy (non-hydrogen) atoms. The first kappa shape index (κ1) is 43.9. The Labute approximate surface area is 274 Å². The van der Waals surface area contributed by atoms with E-state index in [4.69, 9.17) is 37.2 Å². The Hall–Kier alpha value is 0.917. The van der Waals surface area contributed by atoms with Gasteiger partial charge in [-0.1, -0.05) is 0 Å². The van der Waals surface area contributed by atoms with Gasteiger partial charge in [-0.2, -0.15) is 0 Å². The fourth-order valence-corrected chi connectivity index (χ4v) is 21.2.